The quantitative estimate of drug-likeness (QED) is 0.525. The average Bonchev–Trinajstić information content (AvgIpc) is 2.80. The number of nitrogens with one attached hydrogen (secondary N) is 2. The number of amides is 1. The third-order valence-corrected chi connectivity index (χ3v) is 6.22. The zero-order valence-corrected chi connectivity index (χ0v) is 18.5. The number of hydrogen-bond acceptors (Lipinski definition) is 4. The standard InChI is InChI=1S/C23H37N5O2/c1-27(2)21(29)18-25-22(24-17-20-9-5-3-6-10-20)26-19-23(11-7-4-8-12-23)28-13-15-30-16-14-28/h3,5-6,9-10H,4,7-8,11-19H2,1-2H3,(H2,24,25,26). The van der Waals surface area contributed by atoms with Crippen LogP contribution in [0.1, 0.15) is 37.7 Å². The lowest BCUT2D eigenvalue weighted by molar-refractivity contribution is -0.127. The highest BCUT2D eigenvalue weighted by molar-refractivity contribution is 5.86. The Balaban J connectivity index is 1.68. The first-order valence-corrected chi connectivity index (χ1v) is 11.2. The molecule has 0 aromatic heterocycles. The molecule has 2 N–H and O–H groups in total. The molecule has 1 saturated heterocycles. The van der Waals surface area contributed by atoms with Crippen LogP contribution in [-0.4, -0.2) is 80.7 Å². The lowest BCUT2D eigenvalue weighted by Gasteiger charge is -2.48. The van der Waals surface area contributed by atoms with Crippen LogP contribution >= 0.6 is 0 Å². The van der Waals surface area contributed by atoms with Gasteiger partial charge in [0.05, 0.1) is 26.3 Å². The molecule has 7 heteroatoms. The Hall–Kier alpha value is -2.12. The number of guanidine groups is 1. The van der Waals surface area contributed by atoms with Gasteiger partial charge >= 0.3 is 0 Å². The van der Waals surface area contributed by atoms with Crippen molar-refractivity contribution < 1.29 is 9.53 Å². The molecule has 1 aliphatic heterocycles. The van der Waals surface area contributed by atoms with Gasteiger partial charge in [-0.1, -0.05) is 49.6 Å². The molecule has 0 spiro atoms. The lowest BCUT2D eigenvalue weighted by atomic mass is 9.80. The molecule has 0 atom stereocenters. The summed E-state index contributed by atoms with van der Waals surface area (Å²) in [6, 6.07) is 10.2. The predicted octanol–water partition coefficient (Wildman–Crippen LogP) is 1.85. The minimum Gasteiger partial charge on any atom is -0.379 e. The third kappa shape index (κ3) is 6.44. The summed E-state index contributed by atoms with van der Waals surface area (Å²) < 4.78 is 5.60. The van der Waals surface area contributed by atoms with E-state index < -0.39 is 0 Å². The van der Waals surface area contributed by atoms with E-state index in [9.17, 15) is 4.79 Å². The van der Waals surface area contributed by atoms with Crippen molar-refractivity contribution in [3.8, 4) is 0 Å². The van der Waals surface area contributed by atoms with Crippen molar-refractivity contribution in [3.05, 3.63) is 35.9 Å². The molecule has 1 saturated carbocycles. The highest BCUT2D eigenvalue weighted by Gasteiger charge is 2.38. The van der Waals surface area contributed by atoms with Crippen LogP contribution in [-0.2, 0) is 16.1 Å². The molecule has 2 fully saturated rings. The van der Waals surface area contributed by atoms with Crippen LogP contribution in [0.5, 0.6) is 0 Å². The van der Waals surface area contributed by atoms with E-state index in [-0.39, 0.29) is 18.0 Å². The SMILES string of the molecule is CN(C)C(=O)CNC(=NCc1ccccc1)NCC1(N2CCOCC2)CCCCC1. The smallest absolute Gasteiger partial charge is 0.241 e. The van der Waals surface area contributed by atoms with Gasteiger partial charge in [-0.05, 0) is 18.4 Å². The van der Waals surface area contributed by atoms with Gasteiger partial charge in [-0.25, -0.2) is 4.99 Å². The normalized spacial score (nSPS) is 19.9. The number of nitrogens with zero attached hydrogens (tertiary/aromatic N) is 3. The van der Waals surface area contributed by atoms with Crippen LogP contribution < -0.4 is 10.6 Å². The fraction of sp³-hybridized carbons (Fsp3) is 0.652. The summed E-state index contributed by atoms with van der Waals surface area (Å²) >= 11 is 0. The maximum atomic E-state index is 12.1. The molecule has 7 nitrogen and oxygen atoms in total. The molecule has 1 aromatic rings. The van der Waals surface area contributed by atoms with E-state index in [0.717, 1.165) is 38.4 Å². The van der Waals surface area contributed by atoms with Gasteiger partial charge in [0.2, 0.25) is 5.91 Å². The molecule has 0 radical (unpaired) electrons. The van der Waals surface area contributed by atoms with E-state index in [2.05, 4.69) is 27.7 Å². The Kier molecular flexibility index (Phi) is 8.51. The van der Waals surface area contributed by atoms with Crippen molar-refractivity contribution in [2.24, 2.45) is 4.99 Å². The Morgan fingerprint density at radius 3 is 2.47 bits per heavy atom. The molecule has 1 amide bonds. The number of benzene rings is 1. The molecule has 1 aromatic carbocycles. The van der Waals surface area contributed by atoms with E-state index in [1.165, 1.54) is 32.1 Å². The third-order valence-electron chi connectivity index (χ3n) is 6.22. The fourth-order valence-corrected chi connectivity index (χ4v) is 4.35. The maximum absolute atomic E-state index is 12.1. The van der Waals surface area contributed by atoms with Crippen LogP contribution in [0.3, 0.4) is 0 Å². The molecule has 1 heterocycles. The largest absolute Gasteiger partial charge is 0.379 e. The van der Waals surface area contributed by atoms with Crippen LogP contribution in [0.25, 0.3) is 0 Å². The van der Waals surface area contributed by atoms with Crippen LogP contribution in [0.15, 0.2) is 35.3 Å². The number of carbonyl (C=O) groups is 1. The lowest BCUT2D eigenvalue weighted by Crippen LogP contribution is -2.60. The topological polar surface area (TPSA) is 69.2 Å². The van der Waals surface area contributed by atoms with Gasteiger partial charge in [-0.2, -0.15) is 0 Å². The van der Waals surface area contributed by atoms with Crippen molar-refractivity contribution >= 4 is 11.9 Å². The van der Waals surface area contributed by atoms with Gasteiger partial charge in [-0.15, -0.1) is 0 Å². The molecule has 0 unspecified atom stereocenters. The number of rotatable bonds is 7. The summed E-state index contributed by atoms with van der Waals surface area (Å²) in [6.07, 6.45) is 6.24. The van der Waals surface area contributed by atoms with Crippen molar-refractivity contribution in [2.75, 3.05) is 53.5 Å². The van der Waals surface area contributed by atoms with E-state index in [1.807, 2.05) is 18.2 Å². The van der Waals surface area contributed by atoms with Crippen LogP contribution in [0, 0.1) is 0 Å². The Morgan fingerprint density at radius 1 is 1.10 bits per heavy atom. The Morgan fingerprint density at radius 2 is 1.80 bits per heavy atom. The zero-order valence-electron chi connectivity index (χ0n) is 18.5. The highest BCUT2D eigenvalue weighted by Crippen LogP contribution is 2.33. The number of ether oxygens (including phenoxy) is 1. The van der Waals surface area contributed by atoms with Crippen LogP contribution in [0.4, 0.5) is 0 Å². The van der Waals surface area contributed by atoms with E-state index >= 15 is 0 Å². The van der Waals surface area contributed by atoms with Gasteiger partial charge in [0.1, 0.15) is 0 Å². The predicted molar refractivity (Wildman–Crippen MR) is 120 cm³/mol. The molecular formula is C23H37N5O2. The van der Waals surface area contributed by atoms with Gasteiger partial charge in [0, 0.05) is 39.3 Å². The van der Waals surface area contributed by atoms with Crippen molar-refractivity contribution in [1.29, 1.82) is 0 Å². The molecular weight excluding hydrogens is 378 g/mol. The number of carbonyl (C=O) groups excluding carboxylic acids is 1. The average molecular weight is 416 g/mol. The van der Waals surface area contributed by atoms with E-state index in [4.69, 9.17) is 9.73 Å². The molecule has 1 aliphatic carbocycles. The van der Waals surface area contributed by atoms with Gasteiger partial charge < -0.3 is 20.3 Å². The Bertz CT molecular complexity index is 680. The number of morpholine rings is 1. The summed E-state index contributed by atoms with van der Waals surface area (Å²) in [4.78, 5) is 21.1. The minimum absolute atomic E-state index is 0.0322. The van der Waals surface area contributed by atoms with Gasteiger partial charge in [-0.3, -0.25) is 9.69 Å². The summed E-state index contributed by atoms with van der Waals surface area (Å²) in [5, 5.41) is 6.81. The van der Waals surface area contributed by atoms with Crippen molar-refractivity contribution in [1.82, 2.24) is 20.4 Å². The molecule has 166 valence electrons. The first-order valence-electron chi connectivity index (χ1n) is 11.2. The van der Waals surface area contributed by atoms with E-state index in [0.29, 0.717) is 12.5 Å². The fourth-order valence-electron chi connectivity index (χ4n) is 4.35. The first-order chi connectivity index (χ1) is 14.6. The summed E-state index contributed by atoms with van der Waals surface area (Å²) in [6.45, 7) is 5.26. The van der Waals surface area contributed by atoms with Crippen LogP contribution in [0.2, 0.25) is 0 Å². The van der Waals surface area contributed by atoms with Gasteiger partial charge in [0.15, 0.2) is 5.96 Å². The minimum atomic E-state index is 0.0322. The molecule has 2 aliphatic rings. The second-order valence-electron chi connectivity index (χ2n) is 8.53. The molecule has 30 heavy (non-hydrogen) atoms. The monoisotopic (exact) mass is 415 g/mol. The second kappa shape index (κ2) is 11.3. The first kappa shape index (κ1) is 22.6. The Labute approximate surface area is 180 Å². The van der Waals surface area contributed by atoms with Crippen molar-refractivity contribution in [3.63, 3.8) is 0 Å². The number of aliphatic imine (C=N–C) groups is 1. The molecule has 0 bridgehead atoms. The highest BCUT2D eigenvalue weighted by atomic mass is 16.5. The number of likely N-dealkylation sites (N-methyl/N-ethyl adjacent to an activating group) is 1. The summed E-state index contributed by atoms with van der Waals surface area (Å²) in [7, 11) is 3.54. The van der Waals surface area contributed by atoms with Gasteiger partial charge in [0.25, 0.3) is 0 Å². The second-order valence-corrected chi connectivity index (χ2v) is 8.53. The van der Waals surface area contributed by atoms with Crippen molar-refractivity contribution in [2.45, 2.75) is 44.2 Å². The van der Waals surface area contributed by atoms with E-state index in [1.54, 1.807) is 19.0 Å². The summed E-state index contributed by atoms with van der Waals surface area (Å²) in [5.41, 5.74) is 1.29. The molecule has 3 rings (SSSR count). The zero-order chi connectivity index (χ0) is 21.2. The summed E-state index contributed by atoms with van der Waals surface area (Å²) in [5.74, 6) is 0.733. The number of hydrogen-bond donors (Lipinski definition) is 2. The maximum Gasteiger partial charge on any atom is 0.241 e.